The summed E-state index contributed by atoms with van der Waals surface area (Å²) < 4.78 is 54.5. The number of rotatable bonds is 11. The smallest absolute Gasteiger partial charge is 0.422 e. The number of ether oxygens (including phenoxy) is 2. The van der Waals surface area contributed by atoms with Gasteiger partial charge < -0.3 is 29.1 Å². The predicted octanol–water partition coefficient (Wildman–Crippen LogP) is 6.62. The molecule has 1 amide bonds. The van der Waals surface area contributed by atoms with Crippen molar-refractivity contribution in [3.63, 3.8) is 0 Å². The average Bonchev–Trinajstić information content (AvgIpc) is 3.88. The molecule has 4 aromatic rings. The largest absolute Gasteiger partial charge is 0.481 e. The highest BCUT2D eigenvalue weighted by Crippen LogP contribution is 2.48. The van der Waals surface area contributed by atoms with Gasteiger partial charge in [-0.05, 0) is 93.4 Å². The van der Waals surface area contributed by atoms with E-state index in [0.717, 1.165) is 68.3 Å². The van der Waals surface area contributed by atoms with Crippen molar-refractivity contribution < 1.29 is 27.4 Å². The lowest BCUT2D eigenvalue weighted by Gasteiger charge is -2.54. The molecule has 1 N–H and O–H groups in total. The Hall–Kier alpha value is -4.69. The number of carbonyl (C=O) groups excluding carboxylic acids is 1. The Kier molecular flexibility index (Phi) is 10.2. The van der Waals surface area contributed by atoms with Crippen LogP contribution < -0.4 is 14.4 Å². The first-order chi connectivity index (χ1) is 26.5. The van der Waals surface area contributed by atoms with Crippen LogP contribution in [0, 0.1) is 12.3 Å². The summed E-state index contributed by atoms with van der Waals surface area (Å²) in [6.45, 7) is 17.0. The number of nitrogens with one attached hydrogen (secondary N) is 1. The molecule has 0 unspecified atom stereocenters. The number of aromatic nitrogens is 4. The molecule has 2 aromatic carbocycles. The Morgan fingerprint density at radius 3 is 2.36 bits per heavy atom. The maximum atomic E-state index is 14.0. The summed E-state index contributed by atoms with van der Waals surface area (Å²) >= 11 is 0. The summed E-state index contributed by atoms with van der Waals surface area (Å²) in [4.78, 5) is 31.2. The maximum absolute atomic E-state index is 14.0. The van der Waals surface area contributed by atoms with Gasteiger partial charge in [0.2, 0.25) is 5.91 Å². The molecular formula is C41H49F3N8O3. The molecule has 4 fully saturated rings. The third kappa shape index (κ3) is 7.62. The number of carbonyl (C=O) groups is 1. The van der Waals surface area contributed by atoms with E-state index in [-0.39, 0.29) is 34.7 Å². The minimum atomic E-state index is -4.60. The number of piperidine rings is 2. The van der Waals surface area contributed by atoms with Gasteiger partial charge in [-0.3, -0.25) is 9.89 Å². The molecule has 0 bridgehead atoms. The number of aryl methyl sites for hydroxylation is 1. The Balaban J connectivity index is 1.18. The van der Waals surface area contributed by atoms with E-state index < -0.39 is 12.8 Å². The lowest BCUT2D eigenvalue weighted by Crippen LogP contribution is -2.61. The van der Waals surface area contributed by atoms with E-state index in [1.165, 1.54) is 32.0 Å². The molecule has 8 rings (SSSR count). The zero-order valence-electron chi connectivity index (χ0n) is 31.5. The minimum Gasteiger partial charge on any atom is -0.481 e. The first-order valence-corrected chi connectivity index (χ1v) is 19.4. The lowest BCUT2D eigenvalue weighted by atomic mass is 9.72. The fourth-order valence-electron chi connectivity index (χ4n) is 8.93. The van der Waals surface area contributed by atoms with E-state index >= 15 is 0 Å². The monoisotopic (exact) mass is 758 g/mol. The van der Waals surface area contributed by atoms with Crippen LogP contribution in [0.3, 0.4) is 0 Å². The van der Waals surface area contributed by atoms with Gasteiger partial charge in [0.15, 0.2) is 12.4 Å². The van der Waals surface area contributed by atoms with Crippen molar-refractivity contribution >= 4 is 39.6 Å². The molecule has 292 valence electrons. The number of likely N-dealkylation sites (tertiary alicyclic amines) is 3. The van der Waals surface area contributed by atoms with Crippen LogP contribution in [0.1, 0.15) is 49.7 Å². The fraction of sp³-hybridized carbons (Fsp3) is 0.512. The Labute approximate surface area is 319 Å². The maximum Gasteiger partial charge on any atom is 0.422 e. The van der Waals surface area contributed by atoms with Crippen molar-refractivity contribution in [1.29, 1.82) is 0 Å². The summed E-state index contributed by atoms with van der Waals surface area (Å²) in [5.41, 5.74) is 3.57. The second kappa shape index (κ2) is 15.1. The van der Waals surface area contributed by atoms with Crippen molar-refractivity contribution in [2.45, 2.75) is 57.7 Å². The topological polar surface area (TPSA) is 103 Å². The van der Waals surface area contributed by atoms with Gasteiger partial charge in [-0.15, -0.1) is 0 Å². The molecule has 1 spiro atoms. The van der Waals surface area contributed by atoms with Crippen molar-refractivity contribution in [2.75, 3.05) is 77.0 Å². The molecule has 0 saturated carbocycles. The summed E-state index contributed by atoms with van der Waals surface area (Å²) in [5, 5.41) is 8.53. The molecule has 14 heteroatoms. The molecule has 0 radical (unpaired) electrons. The van der Waals surface area contributed by atoms with Gasteiger partial charge in [-0.25, -0.2) is 0 Å². The van der Waals surface area contributed by atoms with Crippen LogP contribution in [0.2, 0.25) is 0 Å². The molecule has 11 nitrogen and oxygen atoms in total. The van der Waals surface area contributed by atoms with E-state index in [0.29, 0.717) is 54.1 Å². The highest BCUT2D eigenvalue weighted by molar-refractivity contribution is 6.07. The molecular weight excluding hydrogens is 709 g/mol. The first-order valence-electron chi connectivity index (χ1n) is 19.4. The lowest BCUT2D eigenvalue weighted by molar-refractivity contribution is -0.153. The van der Waals surface area contributed by atoms with Gasteiger partial charge in [0.25, 0.3) is 0 Å². The second-order valence-electron chi connectivity index (χ2n) is 15.7. The third-order valence-corrected chi connectivity index (χ3v) is 12.0. The van der Waals surface area contributed by atoms with E-state index in [1.54, 1.807) is 12.3 Å². The van der Waals surface area contributed by atoms with Gasteiger partial charge in [-0.2, -0.15) is 28.2 Å². The summed E-state index contributed by atoms with van der Waals surface area (Å²) in [6.07, 6.45) is 5.72. The molecule has 55 heavy (non-hydrogen) atoms. The molecule has 2 aromatic heterocycles. The number of alkyl halides is 3. The fourth-order valence-corrected chi connectivity index (χ4v) is 8.93. The number of hydrogen-bond acceptors (Lipinski definition) is 9. The standard InChI is InChI=1S/C41H49F3N8O3/c1-4-28-22-30-36(37(54-26-41(42,43)44)35(28)34-27(3)8-9-32-31(34)23-45-48-32)46-39(55-29-10-16-50(17-11-29)21-20-49-14-6-7-15-49)47-38(30)51-18-12-40(13-19-51)24-52(25-40)33(53)5-2/h4-5,8-9,22-23,29H,1-2,6-7,10-21,24-26H2,3H3,(H,45,48). The highest BCUT2D eigenvalue weighted by Gasteiger charge is 2.46. The zero-order valence-corrected chi connectivity index (χ0v) is 31.5. The summed E-state index contributed by atoms with van der Waals surface area (Å²) in [5.74, 6) is 0.522. The molecule has 4 aliphatic heterocycles. The van der Waals surface area contributed by atoms with Gasteiger partial charge in [0.1, 0.15) is 17.4 Å². The number of fused-ring (bicyclic) bond motifs is 2. The van der Waals surface area contributed by atoms with Crippen molar-refractivity contribution in [3.05, 3.63) is 54.8 Å². The van der Waals surface area contributed by atoms with Crippen LogP contribution in [0.5, 0.6) is 11.8 Å². The molecule has 4 saturated heterocycles. The van der Waals surface area contributed by atoms with Crippen LogP contribution >= 0.6 is 0 Å². The van der Waals surface area contributed by atoms with Crippen LogP contribution in [0.4, 0.5) is 19.0 Å². The molecule has 6 heterocycles. The highest BCUT2D eigenvalue weighted by atomic mass is 19.4. The van der Waals surface area contributed by atoms with Crippen LogP contribution in [0.15, 0.2) is 43.6 Å². The van der Waals surface area contributed by atoms with Gasteiger partial charge >= 0.3 is 12.2 Å². The van der Waals surface area contributed by atoms with Crippen molar-refractivity contribution in [3.8, 4) is 22.9 Å². The Morgan fingerprint density at radius 1 is 0.982 bits per heavy atom. The molecule has 0 atom stereocenters. The van der Waals surface area contributed by atoms with Crippen molar-refractivity contribution in [1.82, 2.24) is 34.9 Å². The number of hydrogen-bond donors (Lipinski definition) is 1. The quantitative estimate of drug-likeness (QED) is 0.169. The van der Waals surface area contributed by atoms with E-state index in [9.17, 15) is 18.0 Å². The van der Waals surface area contributed by atoms with Gasteiger partial charge in [-0.1, -0.05) is 25.3 Å². The predicted molar refractivity (Wildman–Crippen MR) is 207 cm³/mol. The van der Waals surface area contributed by atoms with E-state index in [4.69, 9.17) is 19.4 Å². The number of anilines is 1. The first kappa shape index (κ1) is 37.2. The number of halogens is 3. The van der Waals surface area contributed by atoms with Crippen LogP contribution in [0.25, 0.3) is 39.0 Å². The second-order valence-corrected chi connectivity index (χ2v) is 15.7. The summed E-state index contributed by atoms with van der Waals surface area (Å²) in [7, 11) is 0. The molecule has 4 aliphatic rings. The third-order valence-electron chi connectivity index (χ3n) is 12.0. The molecule has 0 aliphatic carbocycles. The Morgan fingerprint density at radius 2 is 1.69 bits per heavy atom. The Bertz CT molecular complexity index is 2070. The number of benzene rings is 2. The van der Waals surface area contributed by atoms with E-state index in [1.807, 2.05) is 30.0 Å². The average molecular weight is 759 g/mol. The SMILES string of the molecule is C=CC(=O)N1CC2(CCN(c3nc(OC4CCN(CCN5CCCC5)CC4)nc4c(OCC(F)(F)F)c(-c5c(C)ccc6[nH]ncc56)c(C=C)cc34)CC2)C1. The number of nitrogens with zero attached hydrogens (tertiary/aromatic N) is 7. The van der Waals surface area contributed by atoms with Crippen LogP contribution in [-0.2, 0) is 4.79 Å². The number of aromatic amines is 1. The number of H-pyrrole nitrogens is 1. The van der Waals surface area contributed by atoms with Crippen molar-refractivity contribution in [2.24, 2.45) is 5.41 Å². The number of amides is 1. The summed E-state index contributed by atoms with van der Waals surface area (Å²) in [6, 6.07) is 5.84. The van der Waals surface area contributed by atoms with E-state index in [2.05, 4.69) is 38.1 Å². The normalized spacial score (nSPS) is 19.6. The van der Waals surface area contributed by atoms with Gasteiger partial charge in [0.05, 0.1) is 11.7 Å². The minimum absolute atomic E-state index is 0.00203. The van der Waals surface area contributed by atoms with Gasteiger partial charge in [0, 0.05) is 74.1 Å². The van der Waals surface area contributed by atoms with Crippen LogP contribution in [-0.4, -0.2) is 125 Å². The zero-order chi connectivity index (χ0) is 38.3.